The maximum Gasteiger partial charge on any atom is 0.208 e. The highest BCUT2D eigenvalue weighted by Crippen LogP contribution is 2.32. The molecule has 2 rings (SSSR count). The molecule has 118 valence electrons. The number of hydrogen-bond donors (Lipinski definition) is 2. The Balaban J connectivity index is 1.79. The molecule has 1 aliphatic heterocycles. The molecule has 1 aromatic rings. The lowest BCUT2D eigenvalue weighted by atomic mass is 10.1. The Labute approximate surface area is 125 Å². The van der Waals surface area contributed by atoms with Gasteiger partial charge in [-0.25, -0.2) is 13.1 Å². The van der Waals surface area contributed by atoms with Crippen molar-refractivity contribution in [3.8, 4) is 11.5 Å². The third kappa shape index (κ3) is 5.18. The van der Waals surface area contributed by atoms with Crippen LogP contribution in [0.4, 0.5) is 0 Å². The average Bonchev–Trinajstić information content (AvgIpc) is 2.45. The van der Waals surface area contributed by atoms with Crippen molar-refractivity contribution in [1.29, 1.82) is 0 Å². The molecule has 0 bridgehead atoms. The summed E-state index contributed by atoms with van der Waals surface area (Å²) in [5, 5.41) is 3.36. The molecule has 0 fully saturated rings. The Kier molecular flexibility index (Phi) is 5.44. The van der Waals surface area contributed by atoms with E-state index in [1.807, 2.05) is 18.2 Å². The number of sulfonamides is 1. The van der Waals surface area contributed by atoms with Gasteiger partial charge in [-0.3, -0.25) is 0 Å². The third-order valence-corrected chi connectivity index (χ3v) is 3.96. The molecule has 7 heteroatoms. The van der Waals surface area contributed by atoms with E-state index in [-0.39, 0.29) is 6.04 Å². The molecule has 0 radical (unpaired) electrons. The largest absolute Gasteiger partial charge is 0.486 e. The van der Waals surface area contributed by atoms with Crippen molar-refractivity contribution in [2.75, 3.05) is 32.6 Å². The number of nitrogens with one attached hydrogen (secondary N) is 2. The van der Waals surface area contributed by atoms with Crippen molar-refractivity contribution >= 4 is 10.0 Å². The smallest absolute Gasteiger partial charge is 0.208 e. The minimum Gasteiger partial charge on any atom is -0.486 e. The zero-order chi connectivity index (χ0) is 15.3. The minimum atomic E-state index is -3.10. The van der Waals surface area contributed by atoms with Crippen LogP contribution >= 0.6 is 0 Å². The van der Waals surface area contributed by atoms with Crippen LogP contribution in [0.25, 0.3) is 0 Å². The zero-order valence-corrected chi connectivity index (χ0v) is 13.2. The molecular weight excluding hydrogens is 292 g/mol. The van der Waals surface area contributed by atoms with Gasteiger partial charge in [-0.1, -0.05) is 6.07 Å². The average molecular weight is 314 g/mol. The number of ether oxygens (including phenoxy) is 2. The van der Waals surface area contributed by atoms with Crippen molar-refractivity contribution in [1.82, 2.24) is 10.0 Å². The van der Waals surface area contributed by atoms with Crippen LogP contribution in [0.15, 0.2) is 18.2 Å². The number of rotatable bonds is 7. The standard InChI is InChI=1S/C14H22N2O4S/c1-11(15-6-3-7-16-21(2,17)18)12-4-5-13-14(10-12)20-9-8-19-13/h4-5,10-11,15-16H,3,6-9H2,1-2H3. The van der Waals surface area contributed by atoms with E-state index in [9.17, 15) is 8.42 Å². The van der Waals surface area contributed by atoms with E-state index in [0.717, 1.165) is 36.3 Å². The van der Waals surface area contributed by atoms with Crippen molar-refractivity contribution in [2.45, 2.75) is 19.4 Å². The Morgan fingerprint density at radius 2 is 1.90 bits per heavy atom. The van der Waals surface area contributed by atoms with E-state index in [4.69, 9.17) is 9.47 Å². The summed E-state index contributed by atoms with van der Waals surface area (Å²) in [5.74, 6) is 1.57. The van der Waals surface area contributed by atoms with Crippen molar-refractivity contribution in [2.24, 2.45) is 0 Å². The molecule has 1 aliphatic rings. The molecule has 1 aromatic carbocycles. The highest BCUT2D eigenvalue weighted by molar-refractivity contribution is 7.88. The molecule has 0 amide bonds. The second-order valence-electron chi connectivity index (χ2n) is 5.10. The summed E-state index contributed by atoms with van der Waals surface area (Å²) in [4.78, 5) is 0. The van der Waals surface area contributed by atoms with Crippen molar-refractivity contribution < 1.29 is 17.9 Å². The molecule has 21 heavy (non-hydrogen) atoms. The minimum absolute atomic E-state index is 0.166. The van der Waals surface area contributed by atoms with E-state index < -0.39 is 10.0 Å². The van der Waals surface area contributed by atoms with Gasteiger partial charge in [0, 0.05) is 12.6 Å². The van der Waals surface area contributed by atoms with Crippen LogP contribution in [-0.2, 0) is 10.0 Å². The Morgan fingerprint density at radius 3 is 2.62 bits per heavy atom. The van der Waals surface area contributed by atoms with Crippen LogP contribution < -0.4 is 19.5 Å². The molecule has 1 heterocycles. The van der Waals surface area contributed by atoms with Gasteiger partial charge in [-0.15, -0.1) is 0 Å². The van der Waals surface area contributed by atoms with Crippen LogP contribution in [0.2, 0.25) is 0 Å². The van der Waals surface area contributed by atoms with Crippen LogP contribution in [0.5, 0.6) is 11.5 Å². The molecule has 0 saturated carbocycles. The van der Waals surface area contributed by atoms with Crippen LogP contribution in [-0.4, -0.2) is 41.0 Å². The second-order valence-corrected chi connectivity index (χ2v) is 6.93. The second kappa shape index (κ2) is 7.11. The summed E-state index contributed by atoms with van der Waals surface area (Å²) in [6, 6.07) is 6.09. The molecule has 1 unspecified atom stereocenters. The van der Waals surface area contributed by atoms with E-state index in [0.29, 0.717) is 19.8 Å². The fourth-order valence-electron chi connectivity index (χ4n) is 2.11. The van der Waals surface area contributed by atoms with Crippen LogP contribution in [0.3, 0.4) is 0 Å². The summed E-state index contributed by atoms with van der Waals surface area (Å²) in [6.45, 7) is 4.41. The predicted octanol–water partition coefficient (Wildman–Crippen LogP) is 1.05. The summed E-state index contributed by atoms with van der Waals surface area (Å²) >= 11 is 0. The quantitative estimate of drug-likeness (QED) is 0.736. The molecular formula is C14H22N2O4S. The van der Waals surface area contributed by atoms with E-state index in [2.05, 4.69) is 17.0 Å². The number of benzene rings is 1. The predicted molar refractivity (Wildman–Crippen MR) is 81.3 cm³/mol. The highest BCUT2D eigenvalue weighted by Gasteiger charge is 2.14. The van der Waals surface area contributed by atoms with E-state index in [1.54, 1.807) is 0 Å². The van der Waals surface area contributed by atoms with Gasteiger partial charge in [0.15, 0.2) is 11.5 Å². The lowest BCUT2D eigenvalue weighted by molar-refractivity contribution is 0.171. The molecule has 2 N–H and O–H groups in total. The molecule has 0 saturated heterocycles. The van der Waals surface area contributed by atoms with Crippen molar-refractivity contribution in [3.63, 3.8) is 0 Å². The van der Waals surface area contributed by atoms with Gasteiger partial charge in [0.2, 0.25) is 10.0 Å². The van der Waals surface area contributed by atoms with Gasteiger partial charge in [0.1, 0.15) is 13.2 Å². The van der Waals surface area contributed by atoms with Crippen molar-refractivity contribution in [3.05, 3.63) is 23.8 Å². The summed E-state index contributed by atoms with van der Waals surface area (Å²) < 4.78 is 35.4. The van der Waals surface area contributed by atoms with Gasteiger partial charge in [-0.2, -0.15) is 0 Å². The first kappa shape index (κ1) is 16.1. The Hall–Kier alpha value is -1.31. The van der Waals surface area contributed by atoms with Crippen LogP contribution in [0.1, 0.15) is 24.9 Å². The molecule has 0 aromatic heterocycles. The molecule has 6 nitrogen and oxygen atoms in total. The summed E-state index contributed by atoms with van der Waals surface area (Å²) in [7, 11) is -3.10. The van der Waals surface area contributed by atoms with E-state index in [1.165, 1.54) is 0 Å². The first-order valence-electron chi connectivity index (χ1n) is 7.03. The summed E-state index contributed by atoms with van der Waals surface area (Å²) in [6.07, 6.45) is 1.90. The normalized spacial score (nSPS) is 15.7. The SMILES string of the molecule is CC(NCCCNS(C)(=O)=O)c1ccc2c(c1)OCCO2. The van der Waals surface area contributed by atoms with E-state index >= 15 is 0 Å². The van der Waals surface area contributed by atoms with Gasteiger partial charge in [0.05, 0.1) is 6.26 Å². The zero-order valence-electron chi connectivity index (χ0n) is 12.4. The number of hydrogen-bond acceptors (Lipinski definition) is 5. The Bertz CT molecular complexity index is 574. The topological polar surface area (TPSA) is 76.7 Å². The van der Waals surface area contributed by atoms with Gasteiger partial charge in [0.25, 0.3) is 0 Å². The first-order chi connectivity index (χ1) is 9.96. The third-order valence-electron chi connectivity index (χ3n) is 3.23. The van der Waals surface area contributed by atoms with Gasteiger partial charge in [-0.05, 0) is 37.6 Å². The maximum atomic E-state index is 10.9. The fraction of sp³-hybridized carbons (Fsp3) is 0.571. The van der Waals surface area contributed by atoms with Gasteiger partial charge >= 0.3 is 0 Å². The lowest BCUT2D eigenvalue weighted by Gasteiger charge is -2.21. The number of fused-ring (bicyclic) bond motifs is 1. The lowest BCUT2D eigenvalue weighted by Crippen LogP contribution is -2.27. The maximum absolute atomic E-state index is 10.9. The molecule has 0 aliphatic carbocycles. The monoisotopic (exact) mass is 314 g/mol. The van der Waals surface area contributed by atoms with Gasteiger partial charge < -0.3 is 14.8 Å². The van der Waals surface area contributed by atoms with Crippen LogP contribution in [0, 0.1) is 0 Å². The Morgan fingerprint density at radius 1 is 1.19 bits per heavy atom. The first-order valence-corrected chi connectivity index (χ1v) is 8.92. The molecule has 0 spiro atoms. The fourth-order valence-corrected chi connectivity index (χ4v) is 2.63. The molecule has 1 atom stereocenters. The highest BCUT2D eigenvalue weighted by atomic mass is 32.2. The summed E-state index contributed by atoms with van der Waals surface area (Å²) in [5.41, 5.74) is 1.12.